The van der Waals surface area contributed by atoms with Crippen LogP contribution < -0.4 is 16.2 Å². The molecule has 1 aromatic carbocycles. The van der Waals surface area contributed by atoms with Crippen LogP contribution in [0.15, 0.2) is 36.4 Å². The predicted octanol–water partition coefficient (Wildman–Crippen LogP) is 2.61. The van der Waals surface area contributed by atoms with Crippen molar-refractivity contribution in [2.75, 3.05) is 17.4 Å². The maximum Gasteiger partial charge on any atom is 0.258 e. The topological polar surface area (TPSA) is 71.2 Å². The first kappa shape index (κ1) is 14.3. The Labute approximate surface area is 122 Å². The number of hydrazine groups is 1. The first-order valence-corrected chi connectivity index (χ1v) is 6.38. The lowest BCUT2D eigenvalue weighted by atomic mass is 10.2. The molecule has 5 nitrogen and oxygen atoms in total. The zero-order valence-electron chi connectivity index (χ0n) is 11.2. The Balaban J connectivity index is 2.30. The average molecular weight is 291 g/mol. The van der Waals surface area contributed by atoms with E-state index in [2.05, 4.69) is 10.4 Å². The van der Waals surface area contributed by atoms with Crippen LogP contribution in [0.5, 0.6) is 0 Å². The minimum absolute atomic E-state index is 0.186. The molecule has 0 aliphatic heterocycles. The van der Waals surface area contributed by atoms with E-state index in [-0.39, 0.29) is 11.1 Å². The van der Waals surface area contributed by atoms with Crippen molar-refractivity contribution < 1.29 is 4.79 Å². The summed E-state index contributed by atoms with van der Waals surface area (Å²) in [6, 6.07) is 10.7. The predicted molar refractivity (Wildman–Crippen MR) is 81.0 cm³/mol. The number of nitrogen functional groups attached to an aromatic ring is 1. The van der Waals surface area contributed by atoms with Gasteiger partial charge in [-0.15, -0.1) is 0 Å². The molecule has 0 aliphatic rings. The fourth-order valence-corrected chi connectivity index (χ4v) is 1.98. The number of anilines is 2. The van der Waals surface area contributed by atoms with Gasteiger partial charge in [0.05, 0.1) is 0 Å². The second kappa shape index (κ2) is 5.90. The molecule has 2 rings (SSSR count). The van der Waals surface area contributed by atoms with Crippen molar-refractivity contribution in [3.63, 3.8) is 0 Å². The van der Waals surface area contributed by atoms with Crippen LogP contribution in [0.3, 0.4) is 0 Å². The SMILES string of the molecule is Cc1ccc(N(C)C(=O)c2cc(Cl)nc(NN)c2)cc1. The number of pyridine rings is 1. The molecule has 20 heavy (non-hydrogen) atoms. The van der Waals surface area contributed by atoms with Gasteiger partial charge in [0, 0.05) is 18.3 Å². The van der Waals surface area contributed by atoms with E-state index in [1.807, 2.05) is 31.2 Å². The van der Waals surface area contributed by atoms with E-state index < -0.39 is 0 Å². The van der Waals surface area contributed by atoms with Gasteiger partial charge >= 0.3 is 0 Å². The molecule has 0 saturated carbocycles. The molecule has 104 valence electrons. The van der Waals surface area contributed by atoms with E-state index in [1.165, 1.54) is 6.07 Å². The van der Waals surface area contributed by atoms with Crippen LogP contribution in [-0.2, 0) is 0 Å². The van der Waals surface area contributed by atoms with Gasteiger partial charge in [0.15, 0.2) is 0 Å². The zero-order chi connectivity index (χ0) is 14.7. The third-order valence-electron chi connectivity index (χ3n) is 2.91. The Kier molecular flexibility index (Phi) is 4.22. The normalized spacial score (nSPS) is 10.2. The molecule has 1 amide bonds. The van der Waals surface area contributed by atoms with Gasteiger partial charge in [0.1, 0.15) is 11.0 Å². The number of benzene rings is 1. The van der Waals surface area contributed by atoms with Crippen molar-refractivity contribution in [1.82, 2.24) is 4.98 Å². The lowest BCUT2D eigenvalue weighted by Crippen LogP contribution is -2.26. The van der Waals surface area contributed by atoms with E-state index in [4.69, 9.17) is 17.4 Å². The lowest BCUT2D eigenvalue weighted by molar-refractivity contribution is 0.0993. The maximum absolute atomic E-state index is 12.4. The van der Waals surface area contributed by atoms with E-state index in [0.717, 1.165) is 11.3 Å². The fraction of sp³-hybridized carbons (Fsp3) is 0.143. The average Bonchev–Trinajstić information content (AvgIpc) is 2.45. The highest BCUT2D eigenvalue weighted by Gasteiger charge is 2.15. The zero-order valence-corrected chi connectivity index (χ0v) is 12.0. The van der Waals surface area contributed by atoms with Gasteiger partial charge in [0.2, 0.25) is 0 Å². The van der Waals surface area contributed by atoms with Crippen molar-refractivity contribution in [2.45, 2.75) is 6.92 Å². The number of carbonyl (C=O) groups excluding carboxylic acids is 1. The first-order valence-electron chi connectivity index (χ1n) is 6.00. The highest BCUT2D eigenvalue weighted by atomic mass is 35.5. The van der Waals surface area contributed by atoms with Crippen molar-refractivity contribution >= 4 is 29.0 Å². The first-order chi connectivity index (χ1) is 9.51. The Hall–Kier alpha value is -2.11. The number of amides is 1. The van der Waals surface area contributed by atoms with Crippen LogP contribution in [0.4, 0.5) is 11.5 Å². The minimum atomic E-state index is -0.186. The highest BCUT2D eigenvalue weighted by molar-refractivity contribution is 6.30. The highest BCUT2D eigenvalue weighted by Crippen LogP contribution is 2.19. The summed E-state index contributed by atoms with van der Waals surface area (Å²) in [5.74, 6) is 5.46. The number of aryl methyl sites for hydroxylation is 1. The van der Waals surface area contributed by atoms with Crippen LogP contribution in [0, 0.1) is 6.92 Å². The molecule has 0 spiro atoms. The van der Waals surface area contributed by atoms with Gasteiger partial charge in [0.25, 0.3) is 5.91 Å². The van der Waals surface area contributed by atoms with Crippen molar-refractivity contribution in [2.24, 2.45) is 5.84 Å². The fourth-order valence-electron chi connectivity index (χ4n) is 1.77. The second-order valence-corrected chi connectivity index (χ2v) is 4.80. The Morgan fingerprint density at radius 3 is 2.55 bits per heavy atom. The Morgan fingerprint density at radius 2 is 1.95 bits per heavy atom. The summed E-state index contributed by atoms with van der Waals surface area (Å²) in [7, 11) is 1.71. The van der Waals surface area contributed by atoms with Gasteiger partial charge in [-0.05, 0) is 31.2 Å². The van der Waals surface area contributed by atoms with Crippen LogP contribution in [0.1, 0.15) is 15.9 Å². The van der Waals surface area contributed by atoms with Crippen molar-refractivity contribution in [1.29, 1.82) is 0 Å². The van der Waals surface area contributed by atoms with Crippen LogP contribution in [0.2, 0.25) is 5.15 Å². The number of nitrogens with zero attached hydrogens (tertiary/aromatic N) is 2. The summed E-state index contributed by atoms with van der Waals surface area (Å²) in [6.45, 7) is 1.99. The van der Waals surface area contributed by atoms with Crippen molar-refractivity contribution in [3.8, 4) is 0 Å². The van der Waals surface area contributed by atoms with Crippen LogP contribution >= 0.6 is 11.6 Å². The number of carbonyl (C=O) groups is 1. The summed E-state index contributed by atoms with van der Waals surface area (Å²) in [5.41, 5.74) is 4.74. The summed E-state index contributed by atoms with van der Waals surface area (Å²) in [5, 5.41) is 0.209. The molecule has 0 saturated heterocycles. The quantitative estimate of drug-likeness (QED) is 0.518. The summed E-state index contributed by atoms with van der Waals surface area (Å²) in [4.78, 5) is 17.9. The van der Waals surface area contributed by atoms with Crippen LogP contribution in [-0.4, -0.2) is 17.9 Å². The number of aromatic nitrogens is 1. The molecule has 0 atom stereocenters. The molecule has 1 heterocycles. The number of rotatable bonds is 3. The molecular weight excluding hydrogens is 276 g/mol. The Bertz CT molecular complexity index is 628. The standard InChI is InChI=1S/C14H15ClN4O/c1-9-3-5-11(6-4-9)19(2)14(20)10-7-12(15)17-13(8-10)18-16/h3-8H,16H2,1-2H3,(H,17,18). The summed E-state index contributed by atoms with van der Waals surface area (Å²) in [6.07, 6.45) is 0. The smallest absolute Gasteiger partial charge is 0.258 e. The third kappa shape index (κ3) is 3.07. The Morgan fingerprint density at radius 1 is 1.30 bits per heavy atom. The molecule has 2 aromatic rings. The van der Waals surface area contributed by atoms with Gasteiger partial charge in [-0.1, -0.05) is 29.3 Å². The van der Waals surface area contributed by atoms with E-state index >= 15 is 0 Å². The van der Waals surface area contributed by atoms with Gasteiger partial charge < -0.3 is 10.3 Å². The van der Waals surface area contributed by atoms with E-state index in [1.54, 1.807) is 18.0 Å². The van der Waals surface area contributed by atoms with Crippen molar-refractivity contribution in [3.05, 3.63) is 52.7 Å². The maximum atomic E-state index is 12.4. The number of hydrogen-bond acceptors (Lipinski definition) is 4. The minimum Gasteiger partial charge on any atom is -0.311 e. The molecule has 0 fully saturated rings. The number of halogens is 1. The molecular formula is C14H15ClN4O. The second-order valence-electron chi connectivity index (χ2n) is 4.41. The van der Waals surface area contributed by atoms with E-state index in [0.29, 0.717) is 11.4 Å². The molecule has 0 unspecified atom stereocenters. The van der Waals surface area contributed by atoms with Gasteiger partial charge in [-0.25, -0.2) is 10.8 Å². The summed E-state index contributed by atoms with van der Waals surface area (Å²) < 4.78 is 0. The molecule has 0 bridgehead atoms. The molecule has 0 aliphatic carbocycles. The molecule has 3 N–H and O–H groups in total. The van der Waals surface area contributed by atoms with Crippen LogP contribution in [0.25, 0.3) is 0 Å². The lowest BCUT2D eigenvalue weighted by Gasteiger charge is -2.18. The molecule has 6 heteroatoms. The largest absolute Gasteiger partial charge is 0.311 e. The van der Waals surface area contributed by atoms with Gasteiger partial charge in [-0.3, -0.25) is 4.79 Å². The summed E-state index contributed by atoms with van der Waals surface area (Å²) >= 11 is 5.87. The monoisotopic (exact) mass is 290 g/mol. The number of nitrogens with one attached hydrogen (secondary N) is 1. The molecule has 0 radical (unpaired) electrons. The van der Waals surface area contributed by atoms with E-state index in [9.17, 15) is 4.79 Å². The molecule has 1 aromatic heterocycles. The third-order valence-corrected chi connectivity index (χ3v) is 3.11. The van der Waals surface area contributed by atoms with Gasteiger partial charge in [-0.2, -0.15) is 0 Å². The number of hydrogen-bond donors (Lipinski definition) is 2. The number of nitrogens with two attached hydrogens (primary N) is 1.